The Morgan fingerprint density at radius 3 is 2.78 bits per heavy atom. The van der Waals surface area contributed by atoms with Crippen molar-refractivity contribution in [3.63, 3.8) is 0 Å². The standard InChI is InChI=1S/C14H19FN2O/c1-10(9-17(2)12-4-3-5-12)14(18)13-7-6-11(15)8-16-13/h6-8,10,12H,3-5,9H2,1-2H3. The van der Waals surface area contributed by atoms with Crippen LogP contribution in [0.1, 0.15) is 36.7 Å². The van der Waals surface area contributed by atoms with Crippen molar-refractivity contribution in [2.75, 3.05) is 13.6 Å². The van der Waals surface area contributed by atoms with Gasteiger partial charge in [0.15, 0.2) is 5.78 Å². The van der Waals surface area contributed by atoms with E-state index >= 15 is 0 Å². The highest BCUT2D eigenvalue weighted by molar-refractivity contribution is 5.95. The number of hydrogen-bond donors (Lipinski definition) is 0. The van der Waals surface area contributed by atoms with Crippen molar-refractivity contribution in [1.82, 2.24) is 9.88 Å². The van der Waals surface area contributed by atoms with Crippen molar-refractivity contribution in [1.29, 1.82) is 0 Å². The topological polar surface area (TPSA) is 33.2 Å². The van der Waals surface area contributed by atoms with Crippen molar-refractivity contribution in [3.05, 3.63) is 29.8 Å². The molecule has 1 saturated carbocycles. The monoisotopic (exact) mass is 250 g/mol. The smallest absolute Gasteiger partial charge is 0.185 e. The molecule has 0 N–H and O–H groups in total. The Balaban J connectivity index is 1.93. The molecule has 1 aromatic rings. The molecule has 1 unspecified atom stereocenters. The van der Waals surface area contributed by atoms with E-state index in [9.17, 15) is 9.18 Å². The van der Waals surface area contributed by atoms with Gasteiger partial charge in [-0.2, -0.15) is 0 Å². The molecule has 0 bridgehead atoms. The van der Waals surface area contributed by atoms with E-state index in [1.165, 1.54) is 31.4 Å². The number of pyridine rings is 1. The van der Waals surface area contributed by atoms with Gasteiger partial charge in [-0.1, -0.05) is 13.3 Å². The van der Waals surface area contributed by atoms with Gasteiger partial charge in [0, 0.05) is 18.5 Å². The third kappa shape index (κ3) is 2.93. The number of rotatable bonds is 5. The minimum Gasteiger partial charge on any atom is -0.303 e. The third-order valence-corrected chi connectivity index (χ3v) is 3.69. The Morgan fingerprint density at radius 1 is 1.56 bits per heavy atom. The molecule has 0 aromatic carbocycles. The minimum absolute atomic E-state index is 0.0128. The molecule has 1 aliphatic rings. The maximum absolute atomic E-state index is 12.7. The summed E-state index contributed by atoms with van der Waals surface area (Å²) >= 11 is 0. The maximum Gasteiger partial charge on any atom is 0.185 e. The summed E-state index contributed by atoms with van der Waals surface area (Å²) in [5.41, 5.74) is 0.353. The molecule has 3 nitrogen and oxygen atoms in total. The first-order valence-electron chi connectivity index (χ1n) is 6.44. The number of aromatic nitrogens is 1. The summed E-state index contributed by atoms with van der Waals surface area (Å²) in [6.07, 6.45) is 4.84. The highest BCUT2D eigenvalue weighted by Crippen LogP contribution is 2.24. The molecule has 2 rings (SSSR count). The molecule has 1 heterocycles. The van der Waals surface area contributed by atoms with Gasteiger partial charge in [0.05, 0.1) is 6.20 Å². The van der Waals surface area contributed by atoms with Crippen LogP contribution < -0.4 is 0 Å². The Labute approximate surface area is 107 Å². The van der Waals surface area contributed by atoms with E-state index in [1.807, 2.05) is 6.92 Å². The average molecular weight is 250 g/mol. The molecule has 18 heavy (non-hydrogen) atoms. The molecule has 98 valence electrons. The number of ketones is 1. The van der Waals surface area contributed by atoms with Crippen LogP contribution in [0.2, 0.25) is 0 Å². The van der Waals surface area contributed by atoms with E-state index < -0.39 is 5.82 Å². The zero-order chi connectivity index (χ0) is 13.1. The number of nitrogens with zero attached hydrogens (tertiary/aromatic N) is 2. The largest absolute Gasteiger partial charge is 0.303 e. The van der Waals surface area contributed by atoms with Gasteiger partial charge in [-0.3, -0.25) is 9.78 Å². The Bertz CT molecular complexity index is 414. The average Bonchev–Trinajstić information content (AvgIpc) is 2.26. The van der Waals surface area contributed by atoms with Crippen LogP contribution in [0.15, 0.2) is 18.3 Å². The lowest BCUT2D eigenvalue weighted by Gasteiger charge is -2.35. The van der Waals surface area contributed by atoms with E-state index in [0.29, 0.717) is 11.7 Å². The van der Waals surface area contributed by atoms with Crippen molar-refractivity contribution >= 4 is 5.78 Å². The fourth-order valence-corrected chi connectivity index (χ4v) is 2.27. The Hall–Kier alpha value is -1.29. The second kappa shape index (κ2) is 5.57. The number of carbonyl (C=O) groups is 1. The molecule has 4 heteroatoms. The first kappa shape index (κ1) is 13.1. The highest BCUT2D eigenvalue weighted by Gasteiger charge is 2.25. The van der Waals surface area contributed by atoms with Crippen LogP contribution in [0.25, 0.3) is 0 Å². The lowest BCUT2D eigenvalue weighted by Crippen LogP contribution is -2.41. The van der Waals surface area contributed by atoms with E-state index in [-0.39, 0.29) is 11.7 Å². The van der Waals surface area contributed by atoms with E-state index in [2.05, 4.69) is 16.9 Å². The first-order chi connectivity index (χ1) is 8.58. The SMILES string of the molecule is CC(CN(C)C1CCC1)C(=O)c1ccc(F)cn1. The van der Waals surface area contributed by atoms with Gasteiger partial charge in [0.2, 0.25) is 0 Å². The van der Waals surface area contributed by atoms with Gasteiger partial charge in [0.1, 0.15) is 11.5 Å². The Kier molecular flexibility index (Phi) is 4.07. The maximum atomic E-state index is 12.7. The number of hydrogen-bond acceptors (Lipinski definition) is 3. The van der Waals surface area contributed by atoms with Gasteiger partial charge >= 0.3 is 0 Å². The molecular weight excluding hydrogens is 231 g/mol. The fraction of sp³-hybridized carbons (Fsp3) is 0.571. The predicted octanol–water partition coefficient (Wildman–Crippen LogP) is 2.52. The summed E-state index contributed by atoms with van der Waals surface area (Å²) in [5, 5.41) is 0. The molecule has 0 radical (unpaired) electrons. The van der Waals surface area contributed by atoms with Crippen LogP contribution in [0, 0.1) is 11.7 Å². The van der Waals surface area contributed by atoms with Gasteiger partial charge in [0.25, 0.3) is 0 Å². The molecule has 0 amide bonds. The van der Waals surface area contributed by atoms with Crippen molar-refractivity contribution < 1.29 is 9.18 Å². The lowest BCUT2D eigenvalue weighted by molar-refractivity contribution is 0.0844. The highest BCUT2D eigenvalue weighted by atomic mass is 19.1. The second-order valence-electron chi connectivity index (χ2n) is 5.15. The number of carbonyl (C=O) groups excluding carboxylic acids is 1. The summed E-state index contributed by atoms with van der Waals surface area (Å²) in [6.45, 7) is 2.64. The van der Waals surface area contributed by atoms with Gasteiger partial charge in [-0.15, -0.1) is 0 Å². The van der Waals surface area contributed by atoms with Crippen LogP contribution in [0.3, 0.4) is 0 Å². The summed E-state index contributed by atoms with van der Waals surface area (Å²) < 4.78 is 12.7. The summed E-state index contributed by atoms with van der Waals surface area (Å²) in [7, 11) is 2.06. The predicted molar refractivity (Wildman–Crippen MR) is 68.0 cm³/mol. The van der Waals surface area contributed by atoms with Crippen LogP contribution in [-0.4, -0.2) is 35.3 Å². The van der Waals surface area contributed by atoms with Gasteiger partial charge < -0.3 is 4.90 Å². The summed E-state index contributed by atoms with van der Waals surface area (Å²) in [6, 6.07) is 3.36. The molecule has 1 atom stereocenters. The molecule has 1 aliphatic carbocycles. The molecule has 1 fully saturated rings. The fourth-order valence-electron chi connectivity index (χ4n) is 2.27. The van der Waals surface area contributed by atoms with Crippen LogP contribution in [0.4, 0.5) is 4.39 Å². The lowest BCUT2D eigenvalue weighted by atomic mass is 9.90. The Morgan fingerprint density at radius 2 is 2.28 bits per heavy atom. The third-order valence-electron chi connectivity index (χ3n) is 3.69. The van der Waals surface area contributed by atoms with E-state index in [4.69, 9.17) is 0 Å². The molecule has 0 spiro atoms. The minimum atomic E-state index is -0.411. The molecule has 0 saturated heterocycles. The van der Waals surface area contributed by atoms with Crippen LogP contribution >= 0.6 is 0 Å². The first-order valence-corrected chi connectivity index (χ1v) is 6.44. The van der Waals surface area contributed by atoms with Crippen molar-refractivity contribution in [3.8, 4) is 0 Å². The molecule has 1 aromatic heterocycles. The van der Waals surface area contributed by atoms with Crippen LogP contribution in [0.5, 0.6) is 0 Å². The molecular formula is C14H19FN2O. The van der Waals surface area contributed by atoms with Crippen LogP contribution in [-0.2, 0) is 0 Å². The van der Waals surface area contributed by atoms with Crippen molar-refractivity contribution in [2.24, 2.45) is 5.92 Å². The summed E-state index contributed by atoms with van der Waals surface area (Å²) in [4.78, 5) is 18.2. The van der Waals surface area contributed by atoms with Crippen molar-refractivity contribution in [2.45, 2.75) is 32.2 Å². The normalized spacial score (nSPS) is 17.6. The quantitative estimate of drug-likeness (QED) is 0.753. The number of halogens is 1. The zero-order valence-corrected chi connectivity index (χ0v) is 10.9. The van der Waals surface area contributed by atoms with E-state index in [0.717, 1.165) is 12.7 Å². The van der Waals surface area contributed by atoms with Gasteiger partial charge in [-0.05, 0) is 32.0 Å². The van der Waals surface area contributed by atoms with Gasteiger partial charge in [-0.25, -0.2) is 4.39 Å². The molecule has 0 aliphatic heterocycles. The second-order valence-corrected chi connectivity index (χ2v) is 5.15. The van der Waals surface area contributed by atoms with E-state index in [1.54, 1.807) is 0 Å². The summed E-state index contributed by atoms with van der Waals surface area (Å²) in [5.74, 6) is -0.527. The number of Topliss-reactive ketones (excluding diaryl/α,β-unsaturated/α-hetero) is 1. The zero-order valence-electron chi connectivity index (χ0n) is 10.9.